The van der Waals surface area contributed by atoms with E-state index in [0.29, 0.717) is 5.56 Å². The molecule has 3 N–H and O–H groups in total. The molecule has 0 aliphatic carbocycles. The lowest BCUT2D eigenvalue weighted by Crippen LogP contribution is -2.46. The van der Waals surface area contributed by atoms with Crippen LogP contribution in [0.3, 0.4) is 0 Å². The number of halogens is 3. The number of ether oxygens (including phenoxy) is 1. The van der Waals surface area contributed by atoms with E-state index in [9.17, 15) is 19.2 Å². The first kappa shape index (κ1) is 22.8. The molecule has 2 heterocycles. The van der Waals surface area contributed by atoms with Crippen LogP contribution in [0.15, 0.2) is 35.0 Å². The maximum atomic E-state index is 14.5. The Hall–Kier alpha value is -3.88. The van der Waals surface area contributed by atoms with Crippen molar-refractivity contribution in [3.05, 3.63) is 63.3 Å². The maximum Gasteiger partial charge on any atom is 0.333 e. The molecule has 3 aromatic rings. The van der Waals surface area contributed by atoms with Gasteiger partial charge in [-0.05, 0) is 23.4 Å². The SMILES string of the molecule is COc1cc(C(=O)NNC(=O)NCc2ncc(-c3cc(Cl)cc(Cl)c3C#N)cc2F)on1. The zero-order valence-corrected chi connectivity index (χ0v) is 17.7. The van der Waals surface area contributed by atoms with Gasteiger partial charge in [-0.25, -0.2) is 14.6 Å². The second-order valence-corrected chi connectivity index (χ2v) is 6.91. The number of benzene rings is 1. The third-order valence-electron chi connectivity index (χ3n) is 4.02. The first-order chi connectivity index (χ1) is 15.3. The molecule has 10 nitrogen and oxygen atoms in total. The Morgan fingerprint density at radius 2 is 2.03 bits per heavy atom. The number of hydrogen-bond donors (Lipinski definition) is 3. The molecule has 0 saturated heterocycles. The number of rotatable bonds is 5. The van der Waals surface area contributed by atoms with Crippen molar-refractivity contribution in [1.29, 1.82) is 5.26 Å². The van der Waals surface area contributed by atoms with Crippen molar-refractivity contribution in [1.82, 2.24) is 26.3 Å². The number of hydrazine groups is 1. The highest BCUT2D eigenvalue weighted by Gasteiger charge is 2.16. The van der Waals surface area contributed by atoms with E-state index < -0.39 is 17.8 Å². The van der Waals surface area contributed by atoms with E-state index in [1.54, 1.807) is 0 Å². The summed E-state index contributed by atoms with van der Waals surface area (Å²) in [5.41, 5.74) is 4.80. The fourth-order valence-electron chi connectivity index (χ4n) is 2.50. The lowest BCUT2D eigenvalue weighted by atomic mass is 10.0. The molecule has 0 unspecified atom stereocenters. The number of nitrogens with one attached hydrogen (secondary N) is 3. The van der Waals surface area contributed by atoms with Crippen molar-refractivity contribution < 1.29 is 23.2 Å². The van der Waals surface area contributed by atoms with Crippen LogP contribution in [0.25, 0.3) is 11.1 Å². The Balaban J connectivity index is 1.61. The molecular weight excluding hydrogens is 466 g/mol. The van der Waals surface area contributed by atoms with Crippen molar-refractivity contribution >= 4 is 35.1 Å². The van der Waals surface area contributed by atoms with E-state index in [1.165, 1.54) is 31.5 Å². The molecule has 0 saturated carbocycles. The van der Waals surface area contributed by atoms with Gasteiger partial charge in [-0.15, -0.1) is 0 Å². The number of amides is 3. The summed E-state index contributed by atoms with van der Waals surface area (Å²) >= 11 is 12.0. The molecule has 0 bridgehead atoms. The summed E-state index contributed by atoms with van der Waals surface area (Å²) in [6, 6.07) is 6.36. The predicted octanol–water partition coefficient (Wildman–Crippen LogP) is 3.21. The maximum absolute atomic E-state index is 14.5. The molecule has 3 rings (SSSR count). The molecule has 0 radical (unpaired) electrons. The van der Waals surface area contributed by atoms with Gasteiger partial charge in [0.05, 0.1) is 36.0 Å². The first-order valence-electron chi connectivity index (χ1n) is 8.71. The van der Waals surface area contributed by atoms with Gasteiger partial charge in [-0.1, -0.05) is 23.2 Å². The summed E-state index contributed by atoms with van der Waals surface area (Å²) in [5, 5.41) is 15.5. The highest BCUT2D eigenvalue weighted by Crippen LogP contribution is 2.32. The zero-order valence-electron chi connectivity index (χ0n) is 16.2. The third-order valence-corrected chi connectivity index (χ3v) is 4.54. The van der Waals surface area contributed by atoms with Crippen LogP contribution in [-0.4, -0.2) is 29.2 Å². The minimum absolute atomic E-state index is 0.0816. The van der Waals surface area contributed by atoms with Gasteiger partial charge in [0.1, 0.15) is 11.9 Å². The molecule has 0 spiro atoms. The molecule has 0 fully saturated rings. The Morgan fingerprint density at radius 3 is 2.69 bits per heavy atom. The van der Waals surface area contributed by atoms with Crippen molar-refractivity contribution in [3.8, 4) is 23.1 Å². The number of hydrogen-bond acceptors (Lipinski definition) is 7. The zero-order chi connectivity index (χ0) is 23.3. The number of urea groups is 1. The summed E-state index contributed by atoms with van der Waals surface area (Å²) in [6.07, 6.45) is 1.32. The van der Waals surface area contributed by atoms with Crippen LogP contribution >= 0.6 is 23.2 Å². The number of carbonyl (C=O) groups is 2. The van der Waals surface area contributed by atoms with Gasteiger partial charge in [0.25, 0.3) is 5.88 Å². The summed E-state index contributed by atoms with van der Waals surface area (Å²) in [4.78, 5) is 27.6. The van der Waals surface area contributed by atoms with E-state index >= 15 is 0 Å². The number of carbonyl (C=O) groups excluding carboxylic acids is 2. The topological polar surface area (TPSA) is 142 Å². The highest BCUT2D eigenvalue weighted by molar-refractivity contribution is 6.36. The second-order valence-electron chi connectivity index (χ2n) is 6.07. The van der Waals surface area contributed by atoms with Crippen LogP contribution in [-0.2, 0) is 6.54 Å². The Bertz CT molecular complexity index is 1230. The number of methoxy groups -OCH3 is 1. The van der Waals surface area contributed by atoms with E-state index in [4.69, 9.17) is 32.5 Å². The molecular formula is C19H13Cl2FN6O4. The van der Waals surface area contributed by atoms with Crippen molar-refractivity contribution in [3.63, 3.8) is 0 Å². The van der Waals surface area contributed by atoms with E-state index in [0.717, 1.165) is 6.07 Å². The van der Waals surface area contributed by atoms with Crippen molar-refractivity contribution in [2.24, 2.45) is 0 Å². The average molecular weight is 479 g/mol. The van der Waals surface area contributed by atoms with Crippen LogP contribution in [0.1, 0.15) is 21.8 Å². The fourth-order valence-corrected chi connectivity index (χ4v) is 3.04. The molecule has 0 aliphatic heterocycles. The number of aromatic nitrogens is 2. The van der Waals surface area contributed by atoms with Gasteiger partial charge < -0.3 is 14.6 Å². The average Bonchev–Trinajstić information content (AvgIpc) is 3.25. The van der Waals surface area contributed by atoms with Crippen LogP contribution < -0.4 is 20.9 Å². The Morgan fingerprint density at radius 1 is 1.25 bits per heavy atom. The largest absolute Gasteiger partial charge is 0.479 e. The van der Waals surface area contributed by atoms with Gasteiger partial charge in [0.15, 0.2) is 0 Å². The minimum atomic E-state index is -0.830. The molecule has 32 heavy (non-hydrogen) atoms. The lowest BCUT2D eigenvalue weighted by Gasteiger charge is -2.10. The second kappa shape index (κ2) is 9.95. The van der Waals surface area contributed by atoms with Gasteiger partial charge in [0.2, 0.25) is 5.76 Å². The summed E-state index contributed by atoms with van der Waals surface area (Å²) in [7, 11) is 1.34. The monoisotopic (exact) mass is 478 g/mol. The molecule has 0 aliphatic rings. The highest BCUT2D eigenvalue weighted by atomic mass is 35.5. The van der Waals surface area contributed by atoms with Crippen molar-refractivity contribution in [2.75, 3.05) is 7.11 Å². The normalized spacial score (nSPS) is 10.2. The molecule has 3 amide bonds. The molecule has 2 aromatic heterocycles. The summed E-state index contributed by atoms with van der Waals surface area (Å²) < 4.78 is 24.0. The van der Waals surface area contributed by atoms with Gasteiger partial charge >= 0.3 is 11.9 Å². The van der Waals surface area contributed by atoms with Crippen LogP contribution in [0.2, 0.25) is 10.0 Å². The van der Waals surface area contributed by atoms with Crippen LogP contribution in [0.5, 0.6) is 5.88 Å². The number of nitriles is 1. The van der Waals surface area contributed by atoms with Gasteiger partial charge in [-0.3, -0.25) is 15.2 Å². The number of pyridine rings is 1. The van der Waals surface area contributed by atoms with Crippen LogP contribution in [0, 0.1) is 17.1 Å². The lowest BCUT2D eigenvalue weighted by molar-refractivity contribution is 0.0899. The molecule has 1 aromatic carbocycles. The Labute approximate surface area is 190 Å². The van der Waals surface area contributed by atoms with E-state index in [2.05, 4.69) is 26.3 Å². The quantitative estimate of drug-likeness (QED) is 0.477. The molecule has 13 heteroatoms. The summed E-state index contributed by atoms with van der Waals surface area (Å²) in [6.45, 7) is -0.286. The van der Waals surface area contributed by atoms with Gasteiger partial charge in [-0.2, -0.15) is 5.26 Å². The predicted molar refractivity (Wildman–Crippen MR) is 110 cm³/mol. The third kappa shape index (κ3) is 5.23. The Kier molecular flexibility index (Phi) is 7.09. The standard InChI is InChI=1S/C19H13Cl2FN6O4/c1-31-17-5-16(32-28-17)18(29)26-27-19(30)25-8-15-14(22)2-9(7-24-15)11-3-10(20)4-13(21)12(11)6-23/h2-5,7H,8H2,1H3,(H,26,29)(H2,25,27,30). The minimum Gasteiger partial charge on any atom is -0.479 e. The smallest absolute Gasteiger partial charge is 0.333 e. The van der Waals surface area contributed by atoms with Gasteiger partial charge in [0, 0.05) is 22.3 Å². The fraction of sp³-hybridized carbons (Fsp3) is 0.105. The van der Waals surface area contributed by atoms with Crippen molar-refractivity contribution in [2.45, 2.75) is 6.54 Å². The molecule has 164 valence electrons. The summed E-state index contributed by atoms with van der Waals surface area (Å²) in [5.74, 6) is -1.62. The molecule has 0 atom stereocenters. The first-order valence-corrected chi connectivity index (χ1v) is 9.46. The number of nitrogens with zero attached hydrogens (tertiary/aromatic N) is 3. The van der Waals surface area contributed by atoms with Crippen LogP contribution in [0.4, 0.5) is 9.18 Å². The van der Waals surface area contributed by atoms with E-state index in [-0.39, 0.29) is 45.1 Å². The van der Waals surface area contributed by atoms with E-state index in [1.807, 2.05) is 6.07 Å².